The van der Waals surface area contributed by atoms with Crippen molar-refractivity contribution in [1.82, 2.24) is 5.32 Å². The van der Waals surface area contributed by atoms with Crippen LogP contribution in [0.15, 0.2) is 23.1 Å². The summed E-state index contributed by atoms with van der Waals surface area (Å²) in [5.41, 5.74) is 1.66. The number of ether oxygens (including phenoxy) is 1. The maximum atomic E-state index is 12.0. The third-order valence-corrected chi connectivity index (χ3v) is 3.01. The van der Waals surface area contributed by atoms with E-state index in [0.29, 0.717) is 12.2 Å². The van der Waals surface area contributed by atoms with E-state index in [2.05, 4.69) is 17.9 Å². The van der Waals surface area contributed by atoms with Crippen molar-refractivity contribution in [2.45, 2.75) is 24.3 Å². The van der Waals surface area contributed by atoms with Crippen molar-refractivity contribution in [2.24, 2.45) is 0 Å². The molecule has 0 aromatic heterocycles. The fourth-order valence-corrected chi connectivity index (χ4v) is 1.97. The molecule has 1 heterocycles. The zero-order valence-corrected chi connectivity index (χ0v) is 10.1. The van der Waals surface area contributed by atoms with Crippen LogP contribution in [-0.2, 0) is 4.74 Å². The Hall–Kier alpha value is -1.00. The Morgan fingerprint density at radius 2 is 2.38 bits per heavy atom. The summed E-state index contributed by atoms with van der Waals surface area (Å²) in [6.07, 6.45) is 0.894. The number of carbonyl (C=O) groups is 1. The highest BCUT2D eigenvalue weighted by molar-refractivity contribution is 7.80. The first-order valence-corrected chi connectivity index (χ1v) is 5.80. The van der Waals surface area contributed by atoms with E-state index < -0.39 is 0 Å². The maximum Gasteiger partial charge on any atom is 0.251 e. The SMILES string of the molecule is Cc1ccc(S)cc1C(=O)NC1CCOC1. The zero-order valence-electron chi connectivity index (χ0n) is 9.19. The summed E-state index contributed by atoms with van der Waals surface area (Å²) in [6.45, 7) is 3.27. The van der Waals surface area contributed by atoms with E-state index in [0.717, 1.165) is 23.5 Å². The number of aryl methyl sites for hydroxylation is 1. The molecule has 0 aliphatic carbocycles. The van der Waals surface area contributed by atoms with Gasteiger partial charge in [0.25, 0.3) is 5.91 Å². The molecule has 4 heteroatoms. The molecule has 1 fully saturated rings. The third-order valence-electron chi connectivity index (χ3n) is 2.73. The van der Waals surface area contributed by atoms with Crippen molar-refractivity contribution in [1.29, 1.82) is 0 Å². The Balaban J connectivity index is 2.10. The van der Waals surface area contributed by atoms with E-state index in [4.69, 9.17) is 4.74 Å². The zero-order chi connectivity index (χ0) is 11.5. The second-order valence-electron chi connectivity index (χ2n) is 4.03. The predicted octanol–water partition coefficient (Wildman–Crippen LogP) is 1.80. The van der Waals surface area contributed by atoms with Crippen molar-refractivity contribution in [3.63, 3.8) is 0 Å². The first kappa shape index (κ1) is 11.5. The highest BCUT2D eigenvalue weighted by atomic mass is 32.1. The van der Waals surface area contributed by atoms with Crippen LogP contribution in [-0.4, -0.2) is 25.2 Å². The lowest BCUT2D eigenvalue weighted by atomic mass is 10.1. The lowest BCUT2D eigenvalue weighted by Crippen LogP contribution is -2.35. The summed E-state index contributed by atoms with van der Waals surface area (Å²) >= 11 is 4.24. The van der Waals surface area contributed by atoms with Crippen molar-refractivity contribution in [3.05, 3.63) is 29.3 Å². The molecule has 1 aromatic carbocycles. The number of carbonyl (C=O) groups excluding carboxylic acids is 1. The number of hydrogen-bond donors (Lipinski definition) is 2. The first-order chi connectivity index (χ1) is 7.66. The molecule has 86 valence electrons. The second-order valence-corrected chi connectivity index (χ2v) is 4.55. The van der Waals surface area contributed by atoms with E-state index in [1.54, 1.807) is 6.07 Å². The predicted molar refractivity (Wildman–Crippen MR) is 65.1 cm³/mol. The Morgan fingerprint density at radius 1 is 1.56 bits per heavy atom. The third kappa shape index (κ3) is 2.57. The summed E-state index contributed by atoms with van der Waals surface area (Å²) in [7, 11) is 0. The van der Waals surface area contributed by atoms with Crippen LogP contribution >= 0.6 is 12.6 Å². The van der Waals surface area contributed by atoms with Gasteiger partial charge in [-0.1, -0.05) is 6.07 Å². The Labute approximate surface area is 101 Å². The molecule has 1 aliphatic rings. The van der Waals surface area contributed by atoms with Gasteiger partial charge in [0.2, 0.25) is 0 Å². The van der Waals surface area contributed by atoms with Crippen LogP contribution in [0, 0.1) is 6.92 Å². The molecule has 0 saturated carbocycles. The highest BCUT2D eigenvalue weighted by Crippen LogP contribution is 2.14. The molecule has 16 heavy (non-hydrogen) atoms. The molecule has 1 aliphatic heterocycles. The number of thiol groups is 1. The van der Waals surface area contributed by atoms with Gasteiger partial charge in [-0.15, -0.1) is 12.6 Å². The normalized spacial score (nSPS) is 19.8. The first-order valence-electron chi connectivity index (χ1n) is 5.35. The van der Waals surface area contributed by atoms with E-state index in [9.17, 15) is 4.79 Å². The van der Waals surface area contributed by atoms with Crippen molar-refractivity contribution in [3.8, 4) is 0 Å². The molecule has 0 spiro atoms. The van der Waals surface area contributed by atoms with E-state index in [-0.39, 0.29) is 11.9 Å². The van der Waals surface area contributed by atoms with Gasteiger partial charge in [-0.2, -0.15) is 0 Å². The van der Waals surface area contributed by atoms with Gasteiger partial charge in [-0.25, -0.2) is 0 Å². The number of amides is 1. The molecule has 1 amide bonds. The molecule has 0 bridgehead atoms. The average molecular weight is 237 g/mol. The number of rotatable bonds is 2. The van der Waals surface area contributed by atoms with E-state index in [1.807, 2.05) is 19.1 Å². The van der Waals surface area contributed by atoms with Gasteiger partial charge in [-0.3, -0.25) is 4.79 Å². The van der Waals surface area contributed by atoms with Gasteiger partial charge in [0.05, 0.1) is 12.6 Å². The number of nitrogens with one attached hydrogen (secondary N) is 1. The summed E-state index contributed by atoms with van der Waals surface area (Å²) in [5, 5.41) is 2.97. The fraction of sp³-hybridized carbons (Fsp3) is 0.417. The quantitative estimate of drug-likeness (QED) is 0.770. The van der Waals surface area contributed by atoms with Crippen LogP contribution in [0.3, 0.4) is 0 Å². The van der Waals surface area contributed by atoms with Crippen molar-refractivity contribution < 1.29 is 9.53 Å². The molecule has 2 rings (SSSR count). The Kier molecular flexibility index (Phi) is 3.51. The van der Waals surface area contributed by atoms with Gasteiger partial charge < -0.3 is 10.1 Å². The van der Waals surface area contributed by atoms with Crippen LogP contribution in [0.5, 0.6) is 0 Å². The molecule has 1 atom stereocenters. The minimum atomic E-state index is -0.0381. The van der Waals surface area contributed by atoms with Crippen molar-refractivity contribution >= 4 is 18.5 Å². The molecular weight excluding hydrogens is 222 g/mol. The average Bonchev–Trinajstić information content (AvgIpc) is 2.74. The van der Waals surface area contributed by atoms with E-state index >= 15 is 0 Å². The molecular formula is C12H15NO2S. The van der Waals surface area contributed by atoms with Crippen LogP contribution in [0.2, 0.25) is 0 Å². The molecule has 1 aromatic rings. The maximum absolute atomic E-state index is 12.0. The lowest BCUT2D eigenvalue weighted by molar-refractivity contribution is 0.0929. The number of hydrogen-bond acceptors (Lipinski definition) is 3. The van der Waals surface area contributed by atoms with E-state index in [1.165, 1.54) is 0 Å². The topological polar surface area (TPSA) is 38.3 Å². The van der Waals surface area contributed by atoms with Gasteiger partial charge in [0.1, 0.15) is 0 Å². The molecule has 0 radical (unpaired) electrons. The van der Waals surface area contributed by atoms with Crippen molar-refractivity contribution in [2.75, 3.05) is 13.2 Å². The van der Waals surface area contributed by atoms with Gasteiger partial charge >= 0.3 is 0 Å². The second kappa shape index (κ2) is 4.89. The van der Waals surface area contributed by atoms with Crippen LogP contribution in [0.25, 0.3) is 0 Å². The summed E-state index contributed by atoms with van der Waals surface area (Å²) in [4.78, 5) is 12.8. The highest BCUT2D eigenvalue weighted by Gasteiger charge is 2.19. The molecule has 1 saturated heterocycles. The fourth-order valence-electron chi connectivity index (χ4n) is 1.77. The molecule has 1 unspecified atom stereocenters. The standard InChI is InChI=1S/C12H15NO2S/c1-8-2-3-10(16)6-11(8)12(14)13-9-4-5-15-7-9/h2-3,6,9,16H,4-5,7H2,1H3,(H,13,14). The largest absolute Gasteiger partial charge is 0.379 e. The van der Waals surface area contributed by atoms with Gasteiger partial charge in [0.15, 0.2) is 0 Å². The van der Waals surface area contributed by atoms with Crippen LogP contribution in [0.4, 0.5) is 0 Å². The molecule has 1 N–H and O–H groups in total. The van der Waals surface area contributed by atoms with Crippen LogP contribution < -0.4 is 5.32 Å². The van der Waals surface area contributed by atoms with Crippen LogP contribution in [0.1, 0.15) is 22.3 Å². The molecule has 3 nitrogen and oxygen atoms in total. The monoisotopic (exact) mass is 237 g/mol. The minimum Gasteiger partial charge on any atom is -0.379 e. The summed E-state index contributed by atoms with van der Waals surface area (Å²) in [6, 6.07) is 5.73. The number of benzene rings is 1. The Morgan fingerprint density at radius 3 is 3.06 bits per heavy atom. The summed E-state index contributed by atoms with van der Waals surface area (Å²) in [5.74, 6) is -0.0381. The Bertz CT molecular complexity index is 400. The lowest BCUT2D eigenvalue weighted by Gasteiger charge is -2.12. The van der Waals surface area contributed by atoms with Gasteiger partial charge in [-0.05, 0) is 31.0 Å². The smallest absolute Gasteiger partial charge is 0.251 e. The van der Waals surface area contributed by atoms with Gasteiger partial charge in [0, 0.05) is 17.1 Å². The minimum absolute atomic E-state index is 0.0381. The summed E-state index contributed by atoms with van der Waals surface area (Å²) < 4.78 is 5.22.